The summed E-state index contributed by atoms with van der Waals surface area (Å²) in [5.74, 6) is 0.786. The number of fused-ring (bicyclic) bond motifs is 1. The van der Waals surface area contributed by atoms with E-state index in [0.29, 0.717) is 37.3 Å². The number of aromatic nitrogens is 2. The Bertz CT molecular complexity index is 1350. The van der Waals surface area contributed by atoms with Crippen molar-refractivity contribution in [2.24, 2.45) is 11.0 Å². The van der Waals surface area contributed by atoms with Crippen molar-refractivity contribution in [1.82, 2.24) is 14.7 Å². The number of ether oxygens (including phenoxy) is 2. The molecule has 2 aliphatic carbocycles. The molecule has 39 heavy (non-hydrogen) atoms. The molecule has 202 valence electrons. The summed E-state index contributed by atoms with van der Waals surface area (Å²) < 4.78 is 12.5. The highest BCUT2D eigenvalue weighted by molar-refractivity contribution is 5.95. The highest BCUT2D eigenvalue weighted by atomic mass is 16.6. The molecule has 1 aromatic heterocycles. The van der Waals surface area contributed by atoms with Crippen molar-refractivity contribution in [2.45, 2.75) is 57.7 Å². The van der Waals surface area contributed by atoms with Gasteiger partial charge in [0.2, 0.25) is 0 Å². The number of hydrogen-bond acceptors (Lipinski definition) is 6. The largest absolute Gasteiger partial charge is 0.493 e. The van der Waals surface area contributed by atoms with Gasteiger partial charge in [0.1, 0.15) is 12.4 Å². The molecular weight excluding hydrogens is 496 g/mol. The van der Waals surface area contributed by atoms with E-state index in [2.05, 4.69) is 15.1 Å². The number of nitrogens with zero attached hydrogens (tertiary/aromatic N) is 6. The fraction of sp³-hybridized carbons (Fsp3) is 0.414. The lowest BCUT2D eigenvalue weighted by atomic mass is 9.91. The Morgan fingerprint density at radius 3 is 2.62 bits per heavy atom. The minimum Gasteiger partial charge on any atom is -0.493 e. The number of azide groups is 1. The van der Waals surface area contributed by atoms with Crippen LogP contribution in [0.4, 0.5) is 4.79 Å². The molecule has 1 amide bonds. The number of rotatable bonds is 10. The molecular formula is C29H32N6O4. The van der Waals surface area contributed by atoms with Crippen LogP contribution >= 0.6 is 0 Å². The average molecular weight is 529 g/mol. The van der Waals surface area contributed by atoms with Crippen LogP contribution in [-0.4, -0.2) is 51.9 Å². The molecule has 0 radical (unpaired) electrons. The summed E-state index contributed by atoms with van der Waals surface area (Å²) in [6.45, 7) is 2.95. The van der Waals surface area contributed by atoms with Gasteiger partial charge in [-0.2, -0.15) is 9.78 Å². The first-order valence-corrected chi connectivity index (χ1v) is 13.4. The third-order valence-electron chi connectivity index (χ3n) is 7.10. The number of aryl methyl sites for hydroxylation is 1. The normalized spacial score (nSPS) is 16.9. The molecule has 2 unspecified atom stereocenters. The zero-order valence-electron chi connectivity index (χ0n) is 22.0. The minimum absolute atomic E-state index is 0.0175. The van der Waals surface area contributed by atoms with Gasteiger partial charge < -0.3 is 14.4 Å². The summed E-state index contributed by atoms with van der Waals surface area (Å²) in [5.41, 5.74) is 11.9. The van der Waals surface area contributed by atoms with Crippen LogP contribution in [0.15, 0.2) is 65.9 Å². The van der Waals surface area contributed by atoms with Gasteiger partial charge in [0.15, 0.2) is 0 Å². The summed E-state index contributed by atoms with van der Waals surface area (Å²) in [6, 6.07) is 17.1. The SMILES string of the molecule is CC(CN=[N+]=[N-])COc1ccc(C(=O)N(C2CC2)C2CCc3nn(C(=O)OCc4ccccc4)cc3C2)cc1. The van der Waals surface area contributed by atoms with Crippen LogP contribution in [0.25, 0.3) is 10.4 Å². The second-order valence-electron chi connectivity index (χ2n) is 10.3. The van der Waals surface area contributed by atoms with Gasteiger partial charge in [-0.25, -0.2) is 4.79 Å². The monoisotopic (exact) mass is 528 g/mol. The smallest absolute Gasteiger partial charge is 0.435 e. The average Bonchev–Trinajstić information content (AvgIpc) is 3.71. The molecule has 2 aromatic carbocycles. The van der Waals surface area contributed by atoms with Crippen molar-refractivity contribution < 1.29 is 19.1 Å². The summed E-state index contributed by atoms with van der Waals surface area (Å²) in [7, 11) is 0. The van der Waals surface area contributed by atoms with Gasteiger partial charge in [0.25, 0.3) is 5.91 Å². The zero-order chi connectivity index (χ0) is 27.2. The van der Waals surface area contributed by atoms with Gasteiger partial charge >= 0.3 is 6.09 Å². The first-order chi connectivity index (χ1) is 19.0. The standard InChI is InChI=1S/C29H32N6O4/c1-20(16-31-33-30)18-38-26-12-7-22(8-13-26)28(36)35(24-9-10-24)25-11-14-27-23(15-25)17-34(32-27)29(37)39-19-21-5-3-2-4-6-21/h2-8,12-13,17,20,24-25H,9-11,14-16,18-19H2,1H3. The van der Waals surface area contributed by atoms with Crippen molar-refractivity contribution in [3.63, 3.8) is 0 Å². The number of carbonyl (C=O) groups is 2. The number of carbonyl (C=O) groups excluding carboxylic acids is 2. The third kappa shape index (κ3) is 6.59. The van der Waals surface area contributed by atoms with E-state index < -0.39 is 6.09 Å². The Morgan fingerprint density at radius 1 is 1.13 bits per heavy atom. The Kier molecular flexibility index (Phi) is 8.13. The minimum atomic E-state index is -0.505. The predicted molar refractivity (Wildman–Crippen MR) is 144 cm³/mol. The van der Waals surface area contributed by atoms with Crippen LogP contribution in [0.2, 0.25) is 0 Å². The lowest BCUT2D eigenvalue weighted by Crippen LogP contribution is -2.44. The van der Waals surface area contributed by atoms with Gasteiger partial charge in [-0.1, -0.05) is 42.4 Å². The lowest BCUT2D eigenvalue weighted by Gasteiger charge is -2.34. The summed E-state index contributed by atoms with van der Waals surface area (Å²) in [4.78, 5) is 31.0. The van der Waals surface area contributed by atoms with Crippen molar-refractivity contribution >= 4 is 12.0 Å². The molecule has 0 bridgehead atoms. The van der Waals surface area contributed by atoms with Crippen molar-refractivity contribution in [1.29, 1.82) is 0 Å². The van der Waals surface area contributed by atoms with Crippen LogP contribution in [-0.2, 0) is 24.2 Å². The van der Waals surface area contributed by atoms with E-state index in [1.807, 2.05) is 54.3 Å². The predicted octanol–water partition coefficient (Wildman–Crippen LogP) is 5.56. The molecule has 10 heteroatoms. The van der Waals surface area contributed by atoms with Gasteiger partial charge in [0.05, 0.1) is 12.3 Å². The van der Waals surface area contributed by atoms with E-state index in [1.165, 1.54) is 4.68 Å². The topological polar surface area (TPSA) is 122 Å². The molecule has 3 aromatic rings. The molecule has 1 fully saturated rings. The van der Waals surface area contributed by atoms with E-state index in [4.69, 9.17) is 15.0 Å². The fourth-order valence-corrected chi connectivity index (χ4v) is 4.89. The molecule has 0 saturated heterocycles. The van der Waals surface area contributed by atoms with Crippen molar-refractivity contribution in [3.05, 3.63) is 93.6 Å². The molecule has 2 aliphatic rings. The van der Waals surface area contributed by atoms with E-state index in [-0.39, 0.29) is 30.5 Å². The number of benzene rings is 2. The lowest BCUT2D eigenvalue weighted by molar-refractivity contribution is 0.0642. The molecule has 10 nitrogen and oxygen atoms in total. The summed E-state index contributed by atoms with van der Waals surface area (Å²) in [5, 5.41) is 8.05. The van der Waals surface area contributed by atoms with Gasteiger partial charge in [-0.05, 0) is 78.9 Å². The van der Waals surface area contributed by atoms with Crippen molar-refractivity contribution in [2.75, 3.05) is 13.2 Å². The van der Waals surface area contributed by atoms with E-state index >= 15 is 0 Å². The molecule has 2 atom stereocenters. The molecule has 1 saturated carbocycles. The van der Waals surface area contributed by atoms with Gasteiger partial charge in [-0.3, -0.25) is 4.79 Å². The zero-order valence-corrected chi connectivity index (χ0v) is 22.0. The molecule has 0 spiro atoms. The Hall–Kier alpha value is -4.30. The van der Waals surface area contributed by atoms with E-state index in [0.717, 1.165) is 36.1 Å². The van der Waals surface area contributed by atoms with Gasteiger partial charge in [-0.15, -0.1) is 0 Å². The third-order valence-corrected chi connectivity index (χ3v) is 7.10. The molecule has 1 heterocycles. The second kappa shape index (κ2) is 12.0. The molecule has 0 N–H and O–H groups in total. The highest BCUT2D eigenvalue weighted by Crippen LogP contribution is 2.35. The quantitative estimate of drug-likeness (QED) is 0.194. The van der Waals surface area contributed by atoms with Crippen LogP contribution in [0.5, 0.6) is 5.75 Å². The van der Waals surface area contributed by atoms with Crippen LogP contribution in [0.3, 0.4) is 0 Å². The summed E-state index contributed by atoms with van der Waals surface area (Å²) >= 11 is 0. The van der Waals surface area contributed by atoms with E-state index in [9.17, 15) is 9.59 Å². The Labute approximate surface area is 227 Å². The second-order valence-corrected chi connectivity index (χ2v) is 10.3. The Balaban J connectivity index is 1.21. The number of amides is 1. The number of hydrogen-bond donors (Lipinski definition) is 0. The van der Waals surface area contributed by atoms with Crippen LogP contribution in [0, 0.1) is 5.92 Å². The first kappa shape index (κ1) is 26.3. The first-order valence-electron chi connectivity index (χ1n) is 13.4. The van der Waals surface area contributed by atoms with Crippen molar-refractivity contribution in [3.8, 4) is 5.75 Å². The maximum atomic E-state index is 13.6. The molecule has 5 rings (SSSR count). The van der Waals surface area contributed by atoms with Crippen LogP contribution < -0.4 is 4.74 Å². The van der Waals surface area contributed by atoms with Gasteiger partial charge in [0, 0.05) is 35.3 Å². The maximum Gasteiger partial charge on any atom is 0.435 e. The van der Waals surface area contributed by atoms with E-state index in [1.54, 1.807) is 18.3 Å². The van der Waals surface area contributed by atoms with Crippen LogP contribution in [0.1, 0.15) is 53.4 Å². The Morgan fingerprint density at radius 2 is 1.90 bits per heavy atom. The molecule has 0 aliphatic heterocycles. The highest BCUT2D eigenvalue weighted by Gasteiger charge is 2.39. The fourth-order valence-electron chi connectivity index (χ4n) is 4.89. The maximum absolute atomic E-state index is 13.6. The summed E-state index contributed by atoms with van der Waals surface area (Å²) in [6.07, 6.45) is 5.42.